The van der Waals surface area contributed by atoms with E-state index in [4.69, 9.17) is 0 Å². The molecule has 0 atom stereocenters. The van der Waals surface area contributed by atoms with E-state index >= 15 is 0 Å². The third-order valence-corrected chi connectivity index (χ3v) is 4.17. The summed E-state index contributed by atoms with van der Waals surface area (Å²) in [6, 6.07) is 9.92. The number of nitrogens with zero attached hydrogens (tertiary/aromatic N) is 5. The molecule has 0 unspecified atom stereocenters. The molecule has 2 aromatic heterocycles. The molecule has 4 rings (SSSR count). The molecule has 1 saturated carbocycles. The van der Waals surface area contributed by atoms with Crippen LogP contribution in [0.25, 0.3) is 11.4 Å². The van der Waals surface area contributed by atoms with Crippen molar-refractivity contribution in [3.63, 3.8) is 0 Å². The Morgan fingerprint density at radius 1 is 1.17 bits per heavy atom. The maximum atomic E-state index is 12.3. The number of amides is 1. The fraction of sp³-hybridized carbons (Fsp3) is 0.278. The minimum absolute atomic E-state index is 0.186. The average Bonchev–Trinajstić information content (AvgIpc) is 3.43. The summed E-state index contributed by atoms with van der Waals surface area (Å²) in [5.41, 5.74) is 1.56. The van der Waals surface area contributed by atoms with E-state index in [1.54, 1.807) is 28.9 Å². The fourth-order valence-electron chi connectivity index (χ4n) is 2.61. The van der Waals surface area contributed by atoms with E-state index in [0.717, 1.165) is 24.6 Å². The summed E-state index contributed by atoms with van der Waals surface area (Å²) in [6.45, 7) is -1.44. The van der Waals surface area contributed by atoms with Gasteiger partial charge >= 0.3 is 6.18 Å². The molecule has 3 aromatic rings. The Balaban J connectivity index is 1.39. The molecule has 2 heterocycles. The van der Waals surface area contributed by atoms with Gasteiger partial charge in [0.05, 0.1) is 11.6 Å². The molecule has 29 heavy (non-hydrogen) atoms. The number of hydrogen-bond donors (Lipinski definition) is 1. The molecular weight excluding hydrogens is 389 g/mol. The number of tetrazole rings is 1. The van der Waals surface area contributed by atoms with Crippen molar-refractivity contribution < 1.29 is 22.7 Å². The molecular formula is C18H15F3N6O2. The van der Waals surface area contributed by atoms with Crippen LogP contribution in [-0.4, -0.2) is 43.9 Å². The normalized spacial score (nSPS) is 13.9. The third-order valence-electron chi connectivity index (χ3n) is 4.17. The van der Waals surface area contributed by atoms with Crippen LogP contribution < -0.4 is 10.1 Å². The zero-order chi connectivity index (χ0) is 20.4. The van der Waals surface area contributed by atoms with Gasteiger partial charge < -0.3 is 10.1 Å². The molecule has 0 saturated heterocycles. The van der Waals surface area contributed by atoms with Crippen LogP contribution >= 0.6 is 0 Å². The first-order valence-electron chi connectivity index (χ1n) is 8.74. The van der Waals surface area contributed by atoms with Gasteiger partial charge in [-0.3, -0.25) is 4.79 Å². The van der Waals surface area contributed by atoms with E-state index in [0.29, 0.717) is 17.6 Å². The van der Waals surface area contributed by atoms with Gasteiger partial charge in [0.15, 0.2) is 12.4 Å². The largest absolute Gasteiger partial charge is 0.468 e. The van der Waals surface area contributed by atoms with Gasteiger partial charge in [0.25, 0.3) is 5.91 Å². The van der Waals surface area contributed by atoms with Crippen LogP contribution in [0.4, 0.5) is 18.9 Å². The maximum Gasteiger partial charge on any atom is 0.422 e. The van der Waals surface area contributed by atoms with Gasteiger partial charge in [0.2, 0.25) is 5.88 Å². The van der Waals surface area contributed by atoms with Gasteiger partial charge in [0.1, 0.15) is 0 Å². The Labute approximate surface area is 162 Å². The predicted octanol–water partition coefficient (Wildman–Crippen LogP) is 3.26. The summed E-state index contributed by atoms with van der Waals surface area (Å²) in [5, 5.41) is 14.5. The molecule has 0 bridgehead atoms. The lowest BCUT2D eigenvalue weighted by Crippen LogP contribution is -2.19. The molecule has 11 heteroatoms. The highest BCUT2D eigenvalue weighted by molar-refractivity contribution is 6.04. The average molecular weight is 404 g/mol. The monoisotopic (exact) mass is 404 g/mol. The summed E-state index contributed by atoms with van der Waals surface area (Å²) < 4.78 is 42.7. The van der Waals surface area contributed by atoms with Gasteiger partial charge in [-0.2, -0.15) is 13.2 Å². The summed E-state index contributed by atoms with van der Waals surface area (Å²) in [7, 11) is 0. The molecule has 1 N–H and O–H groups in total. The molecule has 1 aromatic carbocycles. The molecule has 1 amide bonds. The number of nitrogens with one attached hydrogen (secondary N) is 1. The van der Waals surface area contributed by atoms with Crippen LogP contribution in [0.15, 0.2) is 42.6 Å². The van der Waals surface area contributed by atoms with Crippen LogP contribution in [0.3, 0.4) is 0 Å². The Kier molecular flexibility index (Phi) is 4.87. The first kappa shape index (κ1) is 18.8. The lowest BCUT2D eigenvalue weighted by Gasteiger charge is -2.09. The molecule has 0 aliphatic heterocycles. The summed E-state index contributed by atoms with van der Waals surface area (Å²) in [4.78, 5) is 16.0. The van der Waals surface area contributed by atoms with E-state index in [2.05, 4.69) is 30.6 Å². The molecule has 1 aliphatic rings. The Morgan fingerprint density at radius 3 is 2.55 bits per heavy atom. The van der Waals surface area contributed by atoms with E-state index in [1.807, 2.05) is 0 Å². The van der Waals surface area contributed by atoms with Crippen molar-refractivity contribution in [3.05, 3.63) is 48.2 Å². The lowest BCUT2D eigenvalue weighted by atomic mass is 10.2. The summed E-state index contributed by atoms with van der Waals surface area (Å²) >= 11 is 0. The highest BCUT2D eigenvalue weighted by atomic mass is 19.4. The zero-order valence-electron chi connectivity index (χ0n) is 14.9. The van der Waals surface area contributed by atoms with Crippen molar-refractivity contribution in [3.8, 4) is 17.3 Å². The highest BCUT2D eigenvalue weighted by Gasteiger charge is 2.29. The number of alkyl halides is 3. The fourth-order valence-corrected chi connectivity index (χ4v) is 2.61. The molecule has 0 spiro atoms. The van der Waals surface area contributed by atoms with Crippen molar-refractivity contribution in [1.82, 2.24) is 25.2 Å². The van der Waals surface area contributed by atoms with Crippen LogP contribution in [0.2, 0.25) is 0 Å². The van der Waals surface area contributed by atoms with Crippen molar-refractivity contribution in [1.29, 1.82) is 0 Å². The number of benzene rings is 1. The van der Waals surface area contributed by atoms with Gasteiger partial charge in [-0.05, 0) is 53.6 Å². The number of rotatable bonds is 6. The highest BCUT2D eigenvalue weighted by Crippen LogP contribution is 2.36. The second-order valence-corrected chi connectivity index (χ2v) is 6.50. The van der Waals surface area contributed by atoms with Crippen LogP contribution in [0, 0.1) is 0 Å². The van der Waals surface area contributed by atoms with Crippen molar-refractivity contribution >= 4 is 11.6 Å². The standard InChI is InChI=1S/C18H15F3N6O2/c19-18(20,21)10-29-15-8-3-12(9-22-15)17(28)23-13-4-1-11(2-5-13)16-24-25-26-27(16)14-6-7-14/h1-5,8-9,14H,6-7,10H2,(H,23,28). The van der Waals surface area contributed by atoms with Crippen LogP contribution in [0.1, 0.15) is 29.2 Å². The molecule has 8 nitrogen and oxygen atoms in total. The second kappa shape index (κ2) is 7.49. The molecule has 1 fully saturated rings. The SMILES string of the molecule is O=C(Nc1ccc(-c2nnnn2C2CC2)cc1)c1ccc(OCC(F)(F)F)nc1. The number of aromatic nitrogens is 5. The number of halogens is 3. The van der Waals surface area contributed by atoms with E-state index in [-0.39, 0.29) is 11.4 Å². The number of carbonyl (C=O) groups is 1. The second-order valence-electron chi connectivity index (χ2n) is 6.50. The summed E-state index contributed by atoms with van der Waals surface area (Å²) in [6.07, 6.45) is -1.19. The minimum Gasteiger partial charge on any atom is -0.468 e. The molecule has 1 aliphatic carbocycles. The number of ether oxygens (including phenoxy) is 1. The minimum atomic E-state index is -4.45. The van der Waals surface area contributed by atoms with Gasteiger partial charge in [0, 0.05) is 23.5 Å². The summed E-state index contributed by atoms with van der Waals surface area (Å²) in [5.74, 6) is 0.0102. The van der Waals surface area contributed by atoms with Gasteiger partial charge in [-0.25, -0.2) is 9.67 Å². The van der Waals surface area contributed by atoms with Crippen LogP contribution in [-0.2, 0) is 0 Å². The Hall–Kier alpha value is -3.50. The van der Waals surface area contributed by atoms with E-state index in [1.165, 1.54) is 12.1 Å². The third kappa shape index (κ3) is 4.68. The lowest BCUT2D eigenvalue weighted by molar-refractivity contribution is -0.154. The first-order chi connectivity index (χ1) is 13.9. The zero-order valence-corrected chi connectivity index (χ0v) is 14.9. The topological polar surface area (TPSA) is 94.8 Å². The van der Waals surface area contributed by atoms with E-state index < -0.39 is 18.7 Å². The Morgan fingerprint density at radius 2 is 1.93 bits per heavy atom. The molecule has 150 valence electrons. The number of anilines is 1. The maximum absolute atomic E-state index is 12.3. The van der Waals surface area contributed by atoms with Crippen molar-refractivity contribution in [2.45, 2.75) is 25.1 Å². The van der Waals surface area contributed by atoms with Gasteiger partial charge in [-0.15, -0.1) is 5.10 Å². The van der Waals surface area contributed by atoms with E-state index in [9.17, 15) is 18.0 Å². The Bertz CT molecular complexity index is 998. The quantitative estimate of drug-likeness (QED) is 0.678. The van der Waals surface area contributed by atoms with Gasteiger partial charge in [-0.1, -0.05) is 0 Å². The number of carbonyl (C=O) groups excluding carboxylic acids is 1. The predicted molar refractivity (Wildman–Crippen MR) is 95.3 cm³/mol. The molecule has 0 radical (unpaired) electrons. The first-order valence-corrected chi connectivity index (χ1v) is 8.74. The number of hydrogen-bond acceptors (Lipinski definition) is 6. The smallest absolute Gasteiger partial charge is 0.422 e. The van der Waals surface area contributed by atoms with Crippen LogP contribution in [0.5, 0.6) is 5.88 Å². The van der Waals surface area contributed by atoms with Crippen molar-refractivity contribution in [2.24, 2.45) is 0 Å². The van der Waals surface area contributed by atoms with Crippen molar-refractivity contribution in [2.75, 3.05) is 11.9 Å². The number of pyridine rings is 1.